The maximum atomic E-state index is 12.6. The van der Waals surface area contributed by atoms with Crippen molar-refractivity contribution in [3.05, 3.63) is 29.4 Å². The predicted octanol–water partition coefficient (Wildman–Crippen LogP) is 2.12. The number of sulfonamides is 1. The molecule has 130 valence electrons. The molecular formula is C15H20ClN5O2S. The molecule has 1 atom stereocenters. The smallest absolute Gasteiger partial charge is 0.240 e. The first kappa shape index (κ1) is 18.4. The van der Waals surface area contributed by atoms with Crippen LogP contribution in [0.3, 0.4) is 0 Å². The molecule has 0 radical (unpaired) electrons. The molecular weight excluding hydrogens is 350 g/mol. The van der Waals surface area contributed by atoms with Crippen molar-refractivity contribution in [1.82, 2.24) is 9.71 Å². The molecule has 0 aliphatic rings. The first-order valence-corrected chi connectivity index (χ1v) is 9.18. The highest BCUT2D eigenvalue weighted by molar-refractivity contribution is 7.89. The molecule has 0 spiro atoms. The third-order valence-corrected chi connectivity index (χ3v) is 5.53. The minimum absolute atomic E-state index is 0.0959. The molecule has 0 bridgehead atoms. The van der Waals surface area contributed by atoms with Gasteiger partial charge in [0.2, 0.25) is 10.0 Å². The Balaban J connectivity index is 2.60. The molecule has 0 aliphatic heterocycles. The number of halogens is 1. The van der Waals surface area contributed by atoms with Gasteiger partial charge in [-0.05, 0) is 25.0 Å². The molecule has 0 aliphatic carbocycles. The highest BCUT2D eigenvalue weighted by Gasteiger charge is 2.20. The van der Waals surface area contributed by atoms with Gasteiger partial charge in [-0.15, -0.1) is 0 Å². The number of nitrogens with two attached hydrogens (primary N) is 2. The molecule has 0 amide bonds. The van der Waals surface area contributed by atoms with Gasteiger partial charge >= 0.3 is 0 Å². The van der Waals surface area contributed by atoms with E-state index in [2.05, 4.69) is 14.7 Å². The van der Waals surface area contributed by atoms with Crippen molar-refractivity contribution in [2.45, 2.75) is 31.7 Å². The molecule has 9 heteroatoms. The minimum atomic E-state index is -3.69. The van der Waals surface area contributed by atoms with Gasteiger partial charge in [0.1, 0.15) is 0 Å². The molecule has 1 heterocycles. The quantitative estimate of drug-likeness (QED) is 0.550. The largest absolute Gasteiger partial charge is 0.370 e. The van der Waals surface area contributed by atoms with Crippen LogP contribution in [-0.4, -0.2) is 25.4 Å². The summed E-state index contributed by atoms with van der Waals surface area (Å²) in [4.78, 5) is 8.09. The van der Waals surface area contributed by atoms with Gasteiger partial charge in [-0.25, -0.2) is 18.1 Å². The lowest BCUT2D eigenvalue weighted by atomic mass is 10.1. The molecule has 24 heavy (non-hydrogen) atoms. The summed E-state index contributed by atoms with van der Waals surface area (Å²) in [7, 11) is -3.69. The van der Waals surface area contributed by atoms with Crippen LogP contribution in [0.1, 0.15) is 20.8 Å². The summed E-state index contributed by atoms with van der Waals surface area (Å²) in [6.45, 7) is 5.69. The van der Waals surface area contributed by atoms with E-state index in [9.17, 15) is 8.42 Å². The molecule has 2 aromatic rings. The number of rotatable bonds is 5. The van der Waals surface area contributed by atoms with Gasteiger partial charge in [0, 0.05) is 23.0 Å². The van der Waals surface area contributed by atoms with Crippen molar-refractivity contribution in [1.29, 1.82) is 0 Å². The van der Waals surface area contributed by atoms with E-state index in [-0.39, 0.29) is 28.6 Å². The summed E-state index contributed by atoms with van der Waals surface area (Å²) in [6.07, 6.45) is 1.42. The van der Waals surface area contributed by atoms with Crippen molar-refractivity contribution < 1.29 is 8.42 Å². The zero-order valence-electron chi connectivity index (χ0n) is 13.6. The number of fused-ring (bicyclic) bond motifs is 1. The fourth-order valence-electron chi connectivity index (χ4n) is 2.00. The van der Waals surface area contributed by atoms with Gasteiger partial charge in [0.25, 0.3) is 0 Å². The van der Waals surface area contributed by atoms with E-state index in [4.69, 9.17) is 23.1 Å². The van der Waals surface area contributed by atoms with E-state index >= 15 is 0 Å². The summed E-state index contributed by atoms with van der Waals surface area (Å²) in [5.74, 6) is 0.197. The molecule has 5 N–H and O–H groups in total. The molecule has 7 nitrogen and oxygen atoms in total. The number of benzene rings is 1. The first-order valence-electron chi connectivity index (χ1n) is 7.32. The van der Waals surface area contributed by atoms with Gasteiger partial charge in [0.15, 0.2) is 11.8 Å². The summed E-state index contributed by atoms with van der Waals surface area (Å²) < 4.78 is 27.8. The number of nitrogens with zero attached hydrogens (tertiary/aromatic N) is 2. The normalized spacial score (nSPS) is 13.2. The maximum Gasteiger partial charge on any atom is 0.240 e. The summed E-state index contributed by atoms with van der Waals surface area (Å²) >= 11 is 6.12. The second-order valence-electron chi connectivity index (χ2n) is 5.83. The molecule has 0 saturated heterocycles. The van der Waals surface area contributed by atoms with Gasteiger partial charge in [-0.2, -0.15) is 4.99 Å². The van der Waals surface area contributed by atoms with E-state index in [0.29, 0.717) is 15.8 Å². The molecule has 1 aromatic heterocycles. The van der Waals surface area contributed by atoms with Crippen LogP contribution >= 0.6 is 11.6 Å². The number of guanidine groups is 1. The average molecular weight is 370 g/mol. The SMILES string of the molecule is CC(C)[C@@H](C)NS(=O)(=O)c1ccc2c(Cl)cnc(N=C(N)N)c2c1. The zero-order valence-corrected chi connectivity index (χ0v) is 15.2. The van der Waals surface area contributed by atoms with Crippen LogP contribution in [0.2, 0.25) is 5.02 Å². The number of pyridine rings is 1. The molecule has 0 saturated carbocycles. The first-order chi connectivity index (χ1) is 11.1. The topological polar surface area (TPSA) is 123 Å². The second-order valence-corrected chi connectivity index (χ2v) is 7.95. The Morgan fingerprint density at radius 3 is 2.50 bits per heavy atom. The van der Waals surface area contributed by atoms with Crippen LogP contribution in [0.5, 0.6) is 0 Å². The fraction of sp³-hybridized carbons (Fsp3) is 0.333. The van der Waals surface area contributed by atoms with Crippen LogP contribution < -0.4 is 16.2 Å². The minimum Gasteiger partial charge on any atom is -0.370 e. The van der Waals surface area contributed by atoms with Crippen molar-refractivity contribution in [2.75, 3.05) is 0 Å². The zero-order chi connectivity index (χ0) is 18.1. The Labute approximate surface area is 146 Å². The van der Waals surface area contributed by atoms with Gasteiger partial charge in [-0.3, -0.25) is 0 Å². The Morgan fingerprint density at radius 1 is 1.25 bits per heavy atom. The van der Waals surface area contributed by atoms with Crippen LogP contribution in [0.15, 0.2) is 34.3 Å². The number of aliphatic imine (C=N–C) groups is 1. The van der Waals surface area contributed by atoms with Gasteiger partial charge in [0.05, 0.1) is 9.92 Å². The molecule has 0 fully saturated rings. The van der Waals surface area contributed by atoms with E-state index < -0.39 is 10.0 Å². The summed E-state index contributed by atoms with van der Waals surface area (Å²) in [5, 5.41) is 1.45. The predicted molar refractivity (Wildman–Crippen MR) is 96.8 cm³/mol. The lowest BCUT2D eigenvalue weighted by molar-refractivity contribution is 0.476. The third kappa shape index (κ3) is 3.95. The van der Waals surface area contributed by atoms with Crippen molar-refractivity contribution in [2.24, 2.45) is 22.4 Å². The van der Waals surface area contributed by atoms with E-state index in [1.54, 1.807) is 6.07 Å². The number of hydrogen-bond donors (Lipinski definition) is 3. The highest BCUT2D eigenvalue weighted by atomic mass is 35.5. The van der Waals surface area contributed by atoms with Crippen LogP contribution in [0, 0.1) is 5.92 Å². The fourth-order valence-corrected chi connectivity index (χ4v) is 3.63. The number of nitrogens with one attached hydrogen (secondary N) is 1. The van der Waals surface area contributed by atoms with Crippen LogP contribution in [0.25, 0.3) is 10.8 Å². The maximum absolute atomic E-state index is 12.6. The van der Waals surface area contributed by atoms with Crippen LogP contribution in [-0.2, 0) is 10.0 Å². The highest BCUT2D eigenvalue weighted by Crippen LogP contribution is 2.31. The van der Waals surface area contributed by atoms with Gasteiger partial charge in [-0.1, -0.05) is 31.5 Å². The Kier molecular flexibility index (Phi) is 5.32. The molecule has 2 rings (SSSR count). The Bertz CT molecular complexity index is 892. The Hall–Kier alpha value is -1.90. The lowest BCUT2D eigenvalue weighted by Crippen LogP contribution is -2.36. The standard InChI is InChI=1S/C15H20ClN5O2S/c1-8(2)9(3)21-24(22,23)10-4-5-11-12(6-10)14(20-15(17)18)19-7-13(11)16/h4-9,21H,1-3H3,(H4,17,18,19,20)/t9-/m1/s1. The van der Waals surface area contributed by atoms with Gasteiger partial charge < -0.3 is 11.5 Å². The Morgan fingerprint density at radius 2 is 1.92 bits per heavy atom. The summed E-state index contributed by atoms with van der Waals surface area (Å²) in [5.41, 5.74) is 10.8. The monoisotopic (exact) mass is 369 g/mol. The van der Waals surface area contributed by atoms with Crippen molar-refractivity contribution in [3.63, 3.8) is 0 Å². The van der Waals surface area contributed by atoms with E-state index in [1.807, 2.05) is 20.8 Å². The number of hydrogen-bond acceptors (Lipinski definition) is 4. The molecule has 1 aromatic carbocycles. The average Bonchev–Trinajstić information content (AvgIpc) is 2.49. The molecule has 0 unspecified atom stereocenters. The van der Waals surface area contributed by atoms with Crippen molar-refractivity contribution >= 4 is 44.2 Å². The summed E-state index contributed by atoms with van der Waals surface area (Å²) in [6, 6.07) is 4.36. The van der Waals surface area contributed by atoms with Crippen molar-refractivity contribution in [3.8, 4) is 0 Å². The number of aromatic nitrogens is 1. The second kappa shape index (κ2) is 6.92. The van der Waals surface area contributed by atoms with E-state index in [1.165, 1.54) is 18.3 Å². The third-order valence-electron chi connectivity index (χ3n) is 3.68. The lowest BCUT2D eigenvalue weighted by Gasteiger charge is -2.17. The van der Waals surface area contributed by atoms with E-state index in [0.717, 1.165) is 0 Å². The van der Waals surface area contributed by atoms with Crippen LogP contribution in [0.4, 0.5) is 5.82 Å².